The van der Waals surface area contributed by atoms with E-state index in [-0.39, 0.29) is 12.6 Å². The summed E-state index contributed by atoms with van der Waals surface area (Å²) in [6.07, 6.45) is 4.70. The van der Waals surface area contributed by atoms with Crippen LogP contribution in [0.3, 0.4) is 0 Å². The van der Waals surface area contributed by atoms with Crippen LogP contribution in [-0.2, 0) is 14.3 Å². The van der Waals surface area contributed by atoms with Crippen molar-refractivity contribution in [2.75, 3.05) is 19.8 Å². The Hall–Kier alpha value is -3.09. The molecule has 0 fully saturated rings. The Kier molecular flexibility index (Phi) is 10.2. The molecule has 4 N–H and O–H groups in total. The molecule has 0 bridgehead atoms. The molecule has 0 aliphatic rings. The lowest BCUT2D eigenvalue weighted by molar-refractivity contribution is -0.144. The minimum atomic E-state index is -1.40. The van der Waals surface area contributed by atoms with Gasteiger partial charge in [-0.3, -0.25) is 9.59 Å². The number of alkyl carbamates (subject to hydrolysis) is 1. The molecule has 0 saturated carbocycles. The van der Waals surface area contributed by atoms with E-state index < -0.39 is 48.8 Å². The van der Waals surface area contributed by atoms with Crippen molar-refractivity contribution in [2.24, 2.45) is 0 Å². The van der Waals surface area contributed by atoms with Crippen molar-refractivity contribution in [3.63, 3.8) is 0 Å². The number of nitrogens with one attached hydrogen (secondary N) is 2. The zero-order valence-electron chi connectivity index (χ0n) is 19.2. The number of terminal acetylenes is 1. The average molecular weight is 448 g/mol. The fourth-order valence-corrected chi connectivity index (χ4v) is 2.99. The molecule has 2 atom stereocenters. The third-order valence-electron chi connectivity index (χ3n) is 4.20. The number of carbonyl (C=O) groups is 3. The number of hydrogen-bond donors (Lipinski definition) is 4. The highest BCUT2D eigenvalue weighted by Gasteiger charge is 2.36. The number of carbonyl (C=O) groups excluding carboxylic acids is 3. The van der Waals surface area contributed by atoms with Gasteiger partial charge in [0.2, 0.25) is 11.8 Å². The van der Waals surface area contributed by atoms with Crippen LogP contribution in [-0.4, -0.2) is 70.5 Å². The molecule has 0 aliphatic heterocycles. The molecule has 9 nitrogen and oxygen atoms in total. The number of hydrogen-bond acceptors (Lipinski definition) is 6. The maximum absolute atomic E-state index is 13.3. The molecule has 2 unspecified atom stereocenters. The number of ether oxygens (including phenoxy) is 1. The first-order chi connectivity index (χ1) is 14.9. The third-order valence-corrected chi connectivity index (χ3v) is 4.20. The number of amides is 3. The first kappa shape index (κ1) is 26.9. The molecule has 1 aromatic rings. The first-order valence-corrected chi connectivity index (χ1v) is 10.3. The molecule has 0 spiro atoms. The van der Waals surface area contributed by atoms with E-state index in [1.54, 1.807) is 58.9 Å². The van der Waals surface area contributed by atoms with E-state index in [1.807, 2.05) is 0 Å². The number of rotatable bonds is 9. The number of aliphatic hydroxyl groups is 2. The van der Waals surface area contributed by atoms with Gasteiger partial charge in [0.05, 0.1) is 13.2 Å². The van der Waals surface area contributed by atoms with Crippen molar-refractivity contribution in [1.82, 2.24) is 15.5 Å². The number of benzene rings is 1. The molecule has 0 radical (unpaired) electrons. The Labute approximate surface area is 189 Å². The van der Waals surface area contributed by atoms with Gasteiger partial charge in [0.15, 0.2) is 0 Å². The average Bonchev–Trinajstić information content (AvgIpc) is 2.69. The Balaban J connectivity index is 3.40. The number of aliphatic hydroxyl groups excluding tert-OH is 2. The van der Waals surface area contributed by atoms with Crippen LogP contribution in [0.25, 0.3) is 0 Å². The molecular formula is C23H33N3O6. The maximum Gasteiger partial charge on any atom is 0.408 e. The maximum atomic E-state index is 13.3. The van der Waals surface area contributed by atoms with Gasteiger partial charge in [-0.05, 0) is 46.2 Å². The topological polar surface area (TPSA) is 128 Å². The fraction of sp³-hybridized carbons (Fsp3) is 0.522. The molecule has 9 heteroatoms. The summed E-state index contributed by atoms with van der Waals surface area (Å²) in [6.45, 7) is 7.06. The van der Waals surface area contributed by atoms with Crippen molar-refractivity contribution in [1.29, 1.82) is 0 Å². The van der Waals surface area contributed by atoms with Crippen molar-refractivity contribution in [2.45, 2.75) is 58.3 Å². The van der Waals surface area contributed by atoms with E-state index in [0.717, 1.165) is 4.90 Å². The molecule has 0 aliphatic carbocycles. The molecule has 0 saturated heterocycles. The molecule has 0 heterocycles. The third kappa shape index (κ3) is 7.87. The van der Waals surface area contributed by atoms with Crippen LogP contribution in [0.4, 0.5) is 4.79 Å². The monoisotopic (exact) mass is 447 g/mol. The van der Waals surface area contributed by atoms with Crippen LogP contribution in [0.15, 0.2) is 24.3 Å². The summed E-state index contributed by atoms with van der Waals surface area (Å²) in [7, 11) is 0. The van der Waals surface area contributed by atoms with Gasteiger partial charge in [-0.2, -0.15) is 0 Å². The van der Waals surface area contributed by atoms with E-state index in [9.17, 15) is 24.6 Å². The highest BCUT2D eigenvalue weighted by Crippen LogP contribution is 2.25. The van der Waals surface area contributed by atoms with Gasteiger partial charge in [-0.1, -0.05) is 24.1 Å². The standard InChI is InChI=1S/C23H33N3O6/c1-7-16-10-8-9-11-17(16)19(20(29)24-15(2)3)26(12-13-27)21(30)18(14-28)25-22(31)32-23(4,5)6/h1,8-11,15,18-19,27-28H,12-14H2,2-6H3,(H,24,29)(H,25,31). The van der Waals surface area contributed by atoms with Gasteiger partial charge in [0.1, 0.15) is 17.7 Å². The van der Waals surface area contributed by atoms with Gasteiger partial charge in [0, 0.05) is 18.2 Å². The lowest BCUT2D eigenvalue weighted by Crippen LogP contribution is -2.55. The second-order valence-corrected chi connectivity index (χ2v) is 8.43. The van der Waals surface area contributed by atoms with Gasteiger partial charge >= 0.3 is 6.09 Å². The smallest absolute Gasteiger partial charge is 0.408 e. The molecule has 1 aromatic carbocycles. The second-order valence-electron chi connectivity index (χ2n) is 8.43. The van der Waals surface area contributed by atoms with Gasteiger partial charge in [-0.25, -0.2) is 4.79 Å². The zero-order chi connectivity index (χ0) is 24.5. The van der Waals surface area contributed by atoms with Crippen LogP contribution >= 0.6 is 0 Å². The minimum Gasteiger partial charge on any atom is -0.444 e. The Bertz CT molecular complexity index is 841. The summed E-state index contributed by atoms with van der Waals surface area (Å²) < 4.78 is 5.15. The molecule has 176 valence electrons. The zero-order valence-corrected chi connectivity index (χ0v) is 19.2. The predicted molar refractivity (Wildman–Crippen MR) is 119 cm³/mol. The van der Waals surface area contributed by atoms with Crippen LogP contribution in [0.5, 0.6) is 0 Å². The van der Waals surface area contributed by atoms with Crippen molar-refractivity contribution < 1.29 is 29.3 Å². The van der Waals surface area contributed by atoms with Crippen LogP contribution in [0.1, 0.15) is 51.8 Å². The largest absolute Gasteiger partial charge is 0.444 e. The summed E-state index contributed by atoms with van der Waals surface area (Å²) in [6, 6.07) is 3.80. The predicted octanol–water partition coefficient (Wildman–Crippen LogP) is 0.940. The van der Waals surface area contributed by atoms with Crippen LogP contribution < -0.4 is 10.6 Å². The molecule has 32 heavy (non-hydrogen) atoms. The summed E-state index contributed by atoms with van der Waals surface area (Å²) in [5.74, 6) is 1.21. The SMILES string of the molecule is C#Cc1ccccc1C(C(=O)NC(C)C)N(CCO)C(=O)C(CO)NC(=O)OC(C)(C)C. The summed E-state index contributed by atoms with van der Waals surface area (Å²) in [5, 5.41) is 24.5. The van der Waals surface area contributed by atoms with Gasteiger partial charge in [-0.15, -0.1) is 6.42 Å². The lowest BCUT2D eigenvalue weighted by atomic mass is 9.97. The quantitative estimate of drug-likeness (QED) is 0.417. The second kappa shape index (κ2) is 12.1. The molecular weight excluding hydrogens is 414 g/mol. The van der Waals surface area contributed by atoms with Crippen molar-refractivity contribution >= 4 is 17.9 Å². The van der Waals surface area contributed by atoms with Gasteiger partial charge in [0.25, 0.3) is 0 Å². The van der Waals surface area contributed by atoms with Crippen LogP contribution in [0, 0.1) is 12.3 Å². The Morgan fingerprint density at radius 3 is 2.28 bits per heavy atom. The molecule has 3 amide bonds. The van der Waals surface area contributed by atoms with Gasteiger partial charge < -0.3 is 30.5 Å². The van der Waals surface area contributed by atoms with E-state index in [1.165, 1.54) is 0 Å². The Morgan fingerprint density at radius 2 is 1.78 bits per heavy atom. The van der Waals surface area contributed by atoms with E-state index >= 15 is 0 Å². The Morgan fingerprint density at radius 1 is 1.16 bits per heavy atom. The van der Waals surface area contributed by atoms with Crippen molar-refractivity contribution in [3.05, 3.63) is 35.4 Å². The fourth-order valence-electron chi connectivity index (χ4n) is 2.99. The highest BCUT2D eigenvalue weighted by molar-refractivity contribution is 5.92. The van der Waals surface area contributed by atoms with Crippen LogP contribution in [0.2, 0.25) is 0 Å². The highest BCUT2D eigenvalue weighted by atomic mass is 16.6. The van der Waals surface area contributed by atoms with E-state index in [2.05, 4.69) is 16.6 Å². The van der Waals surface area contributed by atoms with E-state index in [4.69, 9.17) is 11.2 Å². The lowest BCUT2D eigenvalue weighted by Gasteiger charge is -2.34. The van der Waals surface area contributed by atoms with E-state index in [0.29, 0.717) is 11.1 Å². The van der Waals surface area contributed by atoms with Crippen molar-refractivity contribution in [3.8, 4) is 12.3 Å². The molecule has 1 rings (SSSR count). The summed E-state index contributed by atoms with van der Waals surface area (Å²) >= 11 is 0. The summed E-state index contributed by atoms with van der Waals surface area (Å²) in [5.41, 5.74) is -0.0414. The first-order valence-electron chi connectivity index (χ1n) is 10.3. The molecule has 0 aromatic heterocycles. The minimum absolute atomic E-state index is 0.234. The summed E-state index contributed by atoms with van der Waals surface area (Å²) in [4.78, 5) is 39.7. The normalized spacial score (nSPS) is 13.0. The number of nitrogens with zero attached hydrogens (tertiary/aromatic N) is 1.